The summed E-state index contributed by atoms with van der Waals surface area (Å²) < 4.78 is 5.48. The van der Waals surface area contributed by atoms with Gasteiger partial charge in [-0.15, -0.1) is 0 Å². The number of halogens is 1. The Balaban J connectivity index is 1.79. The van der Waals surface area contributed by atoms with E-state index in [0.717, 1.165) is 18.9 Å². The van der Waals surface area contributed by atoms with Crippen molar-refractivity contribution in [3.63, 3.8) is 0 Å². The average Bonchev–Trinajstić information content (AvgIpc) is 2.87. The lowest BCUT2D eigenvalue weighted by Gasteiger charge is -2.02. The average molecular weight is 258 g/mol. The van der Waals surface area contributed by atoms with Gasteiger partial charge in [-0.25, -0.2) is 0 Å². The Morgan fingerprint density at radius 1 is 1.64 bits per heavy atom. The molecule has 14 heavy (non-hydrogen) atoms. The van der Waals surface area contributed by atoms with E-state index in [-0.39, 0.29) is 5.91 Å². The molecule has 1 amide bonds. The quantitative estimate of drug-likeness (QED) is 0.901. The number of amides is 1. The summed E-state index contributed by atoms with van der Waals surface area (Å²) in [7, 11) is 0. The molecule has 1 aromatic rings. The van der Waals surface area contributed by atoms with Crippen molar-refractivity contribution in [3.05, 3.63) is 22.6 Å². The SMILES string of the molecule is O=C(NCCC1CC1)c1ccoc1Br. The Morgan fingerprint density at radius 3 is 3.00 bits per heavy atom. The van der Waals surface area contributed by atoms with E-state index in [2.05, 4.69) is 21.2 Å². The standard InChI is InChI=1S/C10H12BrNO2/c11-9-8(4-6-14-9)10(13)12-5-3-7-1-2-7/h4,6-7H,1-3,5H2,(H,12,13). The Morgan fingerprint density at radius 2 is 2.43 bits per heavy atom. The predicted molar refractivity (Wildman–Crippen MR) is 56.1 cm³/mol. The maximum absolute atomic E-state index is 11.5. The number of carbonyl (C=O) groups excluding carboxylic acids is 1. The Labute approximate surface area is 91.0 Å². The van der Waals surface area contributed by atoms with Crippen molar-refractivity contribution in [2.75, 3.05) is 6.54 Å². The zero-order valence-electron chi connectivity index (χ0n) is 7.75. The van der Waals surface area contributed by atoms with Crippen molar-refractivity contribution in [3.8, 4) is 0 Å². The molecule has 0 bridgehead atoms. The van der Waals surface area contributed by atoms with E-state index in [9.17, 15) is 4.79 Å². The zero-order chi connectivity index (χ0) is 9.97. The van der Waals surface area contributed by atoms with E-state index in [0.29, 0.717) is 10.2 Å². The van der Waals surface area contributed by atoms with Crippen molar-refractivity contribution in [1.82, 2.24) is 5.32 Å². The lowest BCUT2D eigenvalue weighted by atomic mass is 10.2. The van der Waals surface area contributed by atoms with Crippen LogP contribution in [0.1, 0.15) is 29.6 Å². The van der Waals surface area contributed by atoms with Crippen LogP contribution in [0, 0.1) is 5.92 Å². The monoisotopic (exact) mass is 257 g/mol. The summed E-state index contributed by atoms with van der Waals surface area (Å²) in [6.07, 6.45) is 5.25. The van der Waals surface area contributed by atoms with Crippen LogP contribution < -0.4 is 5.32 Å². The predicted octanol–water partition coefficient (Wildman–Crippen LogP) is 2.57. The molecular formula is C10H12BrNO2. The van der Waals surface area contributed by atoms with Gasteiger partial charge in [-0.1, -0.05) is 12.8 Å². The molecule has 2 rings (SSSR count). The van der Waals surface area contributed by atoms with Crippen molar-refractivity contribution < 1.29 is 9.21 Å². The molecular weight excluding hydrogens is 246 g/mol. The highest BCUT2D eigenvalue weighted by Crippen LogP contribution is 2.31. The highest BCUT2D eigenvalue weighted by atomic mass is 79.9. The number of furan rings is 1. The Hall–Kier alpha value is -0.770. The number of carbonyl (C=O) groups is 1. The third kappa shape index (κ3) is 2.38. The maximum atomic E-state index is 11.5. The van der Waals surface area contributed by atoms with E-state index >= 15 is 0 Å². The Bertz CT molecular complexity index is 331. The molecule has 0 spiro atoms. The number of hydrogen-bond acceptors (Lipinski definition) is 2. The first-order valence-corrected chi connectivity index (χ1v) is 5.58. The minimum Gasteiger partial charge on any atom is -0.457 e. The largest absolute Gasteiger partial charge is 0.457 e. The van der Waals surface area contributed by atoms with Crippen LogP contribution in [0.4, 0.5) is 0 Å². The van der Waals surface area contributed by atoms with E-state index in [1.54, 1.807) is 6.07 Å². The number of rotatable bonds is 4. The Kier molecular flexibility index (Phi) is 2.91. The van der Waals surface area contributed by atoms with Crippen molar-refractivity contribution in [2.24, 2.45) is 5.92 Å². The molecule has 1 saturated carbocycles. The number of hydrogen-bond donors (Lipinski definition) is 1. The molecule has 1 heterocycles. The summed E-state index contributed by atoms with van der Waals surface area (Å²) in [6.45, 7) is 0.765. The summed E-state index contributed by atoms with van der Waals surface area (Å²) in [6, 6.07) is 1.66. The third-order valence-electron chi connectivity index (χ3n) is 2.40. The smallest absolute Gasteiger partial charge is 0.255 e. The van der Waals surface area contributed by atoms with Crippen LogP contribution in [0.25, 0.3) is 0 Å². The molecule has 4 heteroatoms. The molecule has 1 fully saturated rings. The fourth-order valence-electron chi connectivity index (χ4n) is 1.35. The van der Waals surface area contributed by atoms with Crippen LogP contribution in [-0.4, -0.2) is 12.5 Å². The van der Waals surface area contributed by atoms with Gasteiger partial charge in [0.15, 0.2) is 4.67 Å². The van der Waals surface area contributed by atoms with Crippen LogP contribution in [0.15, 0.2) is 21.4 Å². The van der Waals surface area contributed by atoms with Gasteiger partial charge < -0.3 is 9.73 Å². The van der Waals surface area contributed by atoms with Crippen molar-refractivity contribution in [2.45, 2.75) is 19.3 Å². The molecule has 0 saturated heterocycles. The summed E-state index contributed by atoms with van der Waals surface area (Å²) in [5, 5.41) is 2.87. The second-order valence-corrected chi connectivity index (χ2v) is 4.32. The van der Waals surface area contributed by atoms with E-state index in [1.165, 1.54) is 19.1 Å². The minimum absolute atomic E-state index is 0.0636. The summed E-state index contributed by atoms with van der Waals surface area (Å²) in [5.41, 5.74) is 0.570. The second kappa shape index (κ2) is 4.17. The fraction of sp³-hybridized carbons (Fsp3) is 0.500. The van der Waals surface area contributed by atoms with E-state index in [4.69, 9.17) is 4.42 Å². The number of nitrogens with one attached hydrogen (secondary N) is 1. The lowest BCUT2D eigenvalue weighted by Crippen LogP contribution is -2.24. The molecule has 3 nitrogen and oxygen atoms in total. The first-order valence-electron chi connectivity index (χ1n) is 4.78. The van der Waals surface area contributed by atoms with Gasteiger partial charge >= 0.3 is 0 Å². The van der Waals surface area contributed by atoms with Gasteiger partial charge in [0.2, 0.25) is 0 Å². The summed E-state index contributed by atoms with van der Waals surface area (Å²) >= 11 is 3.17. The van der Waals surface area contributed by atoms with Crippen LogP contribution in [0.5, 0.6) is 0 Å². The van der Waals surface area contributed by atoms with Gasteiger partial charge in [0.25, 0.3) is 5.91 Å². The fourth-order valence-corrected chi connectivity index (χ4v) is 1.77. The van der Waals surface area contributed by atoms with Gasteiger partial charge in [-0.05, 0) is 34.3 Å². The molecule has 0 aliphatic heterocycles. The van der Waals surface area contributed by atoms with Crippen LogP contribution in [0.2, 0.25) is 0 Å². The van der Waals surface area contributed by atoms with Crippen LogP contribution in [-0.2, 0) is 0 Å². The molecule has 1 aromatic heterocycles. The topological polar surface area (TPSA) is 42.2 Å². The zero-order valence-corrected chi connectivity index (χ0v) is 9.34. The molecule has 1 aliphatic rings. The van der Waals surface area contributed by atoms with Gasteiger partial charge in [0.05, 0.1) is 11.8 Å². The highest BCUT2D eigenvalue weighted by molar-refractivity contribution is 9.10. The second-order valence-electron chi connectivity index (χ2n) is 3.60. The van der Waals surface area contributed by atoms with Gasteiger partial charge in [-0.2, -0.15) is 0 Å². The highest BCUT2D eigenvalue weighted by Gasteiger charge is 2.21. The minimum atomic E-state index is -0.0636. The lowest BCUT2D eigenvalue weighted by molar-refractivity contribution is 0.0951. The molecule has 0 unspecified atom stereocenters. The third-order valence-corrected chi connectivity index (χ3v) is 3.01. The molecule has 1 aliphatic carbocycles. The van der Waals surface area contributed by atoms with Crippen molar-refractivity contribution >= 4 is 21.8 Å². The normalized spacial score (nSPS) is 15.5. The van der Waals surface area contributed by atoms with Crippen LogP contribution >= 0.6 is 15.9 Å². The maximum Gasteiger partial charge on any atom is 0.255 e. The molecule has 0 aromatic carbocycles. The van der Waals surface area contributed by atoms with Gasteiger partial charge in [0, 0.05) is 6.54 Å². The van der Waals surface area contributed by atoms with Crippen LogP contribution in [0.3, 0.4) is 0 Å². The van der Waals surface area contributed by atoms with Crippen molar-refractivity contribution in [1.29, 1.82) is 0 Å². The first kappa shape index (κ1) is 9.77. The van der Waals surface area contributed by atoms with E-state index in [1.807, 2.05) is 0 Å². The summed E-state index contributed by atoms with van der Waals surface area (Å²) in [4.78, 5) is 11.5. The molecule has 76 valence electrons. The van der Waals surface area contributed by atoms with Gasteiger partial charge in [0.1, 0.15) is 0 Å². The summed E-state index contributed by atoms with van der Waals surface area (Å²) in [5.74, 6) is 0.786. The molecule has 0 atom stereocenters. The first-order chi connectivity index (χ1) is 6.77. The van der Waals surface area contributed by atoms with E-state index < -0.39 is 0 Å². The molecule has 1 N–H and O–H groups in total. The molecule has 0 radical (unpaired) electrons. The van der Waals surface area contributed by atoms with Gasteiger partial charge in [-0.3, -0.25) is 4.79 Å².